The van der Waals surface area contributed by atoms with Crippen molar-refractivity contribution in [3.63, 3.8) is 0 Å². The Morgan fingerprint density at radius 1 is 1.08 bits per heavy atom. The number of hydrogen-bond acceptors (Lipinski definition) is 7. The lowest BCUT2D eigenvalue weighted by Crippen LogP contribution is -2.57. The van der Waals surface area contributed by atoms with Crippen LogP contribution in [-0.2, 0) is 25.8 Å². The molecule has 1 N–H and O–H groups in total. The van der Waals surface area contributed by atoms with Gasteiger partial charge in [0.05, 0.1) is 16.5 Å². The van der Waals surface area contributed by atoms with Crippen LogP contribution in [0.5, 0.6) is 0 Å². The maximum Gasteiger partial charge on any atom is 0.253 e. The highest BCUT2D eigenvalue weighted by molar-refractivity contribution is 7.92. The van der Waals surface area contributed by atoms with Gasteiger partial charge in [-0.15, -0.1) is 10.2 Å². The maximum atomic E-state index is 14.1. The van der Waals surface area contributed by atoms with Crippen LogP contribution in [-0.4, -0.2) is 62.5 Å². The average Bonchev–Trinajstić information content (AvgIpc) is 3.37. The van der Waals surface area contributed by atoms with Gasteiger partial charge in [-0.05, 0) is 62.6 Å². The Hall–Kier alpha value is -2.53. The zero-order valence-electron chi connectivity index (χ0n) is 21.6. The number of hydrogen-bond donors (Lipinski definition) is 1. The molecule has 1 aliphatic heterocycles. The van der Waals surface area contributed by atoms with E-state index in [0.717, 1.165) is 11.1 Å². The number of aromatic nitrogens is 4. The molecular formula is C26H31Cl2N5O4S. The SMILES string of the molecule is CC[C@@H](CS(=O)(=O)C(C)(C)C)N1C(=O)[C@@H](Cc2nn[nH]n2)O[C@H](c2cccc(Cl)c2)[C@H]1c1ccc(Cl)cc1. The molecule has 12 heteroatoms. The molecule has 1 fully saturated rings. The summed E-state index contributed by atoms with van der Waals surface area (Å²) < 4.78 is 32.2. The molecule has 1 aromatic heterocycles. The largest absolute Gasteiger partial charge is 0.357 e. The molecule has 0 aliphatic carbocycles. The summed E-state index contributed by atoms with van der Waals surface area (Å²) in [6, 6.07) is 13.1. The fraction of sp³-hybridized carbons (Fsp3) is 0.462. The Kier molecular flexibility index (Phi) is 8.46. The number of carbonyl (C=O) groups is 1. The van der Waals surface area contributed by atoms with Crippen molar-refractivity contribution in [1.82, 2.24) is 25.5 Å². The van der Waals surface area contributed by atoms with E-state index in [4.69, 9.17) is 27.9 Å². The number of aromatic amines is 1. The topological polar surface area (TPSA) is 118 Å². The van der Waals surface area contributed by atoms with Crippen LogP contribution in [0.2, 0.25) is 10.0 Å². The number of carbonyl (C=O) groups excluding carboxylic acids is 1. The van der Waals surface area contributed by atoms with Crippen molar-refractivity contribution < 1.29 is 17.9 Å². The van der Waals surface area contributed by atoms with Crippen molar-refractivity contribution in [3.05, 3.63) is 75.5 Å². The normalized spacial score (nSPS) is 21.5. The Bertz CT molecular complexity index is 1360. The van der Waals surface area contributed by atoms with Crippen molar-refractivity contribution in [3.8, 4) is 0 Å². The summed E-state index contributed by atoms with van der Waals surface area (Å²) in [5.74, 6) is -0.225. The molecule has 4 rings (SSSR count). The summed E-state index contributed by atoms with van der Waals surface area (Å²) in [6.07, 6.45) is -1.14. The van der Waals surface area contributed by atoms with Crippen molar-refractivity contribution in [1.29, 1.82) is 0 Å². The number of nitrogens with zero attached hydrogens (tertiary/aromatic N) is 4. The average molecular weight is 581 g/mol. The van der Waals surface area contributed by atoms with Gasteiger partial charge >= 0.3 is 0 Å². The van der Waals surface area contributed by atoms with Gasteiger partial charge < -0.3 is 9.64 Å². The van der Waals surface area contributed by atoms with Crippen molar-refractivity contribution >= 4 is 38.9 Å². The van der Waals surface area contributed by atoms with E-state index in [1.54, 1.807) is 49.9 Å². The van der Waals surface area contributed by atoms with E-state index >= 15 is 0 Å². The Labute approximate surface area is 232 Å². The zero-order chi connectivity index (χ0) is 27.7. The van der Waals surface area contributed by atoms with E-state index in [1.807, 2.05) is 31.2 Å². The molecule has 0 unspecified atom stereocenters. The molecule has 0 spiro atoms. The first kappa shape index (κ1) is 28.5. The maximum absolute atomic E-state index is 14.1. The molecule has 1 saturated heterocycles. The van der Waals surface area contributed by atoms with Gasteiger partial charge in [-0.1, -0.05) is 59.6 Å². The van der Waals surface area contributed by atoms with Crippen molar-refractivity contribution in [2.75, 3.05) is 5.75 Å². The second kappa shape index (κ2) is 11.3. The number of ether oxygens (including phenoxy) is 1. The third kappa shape index (κ3) is 6.03. The third-order valence-corrected chi connectivity index (χ3v) is 9.96. The molecule has 2 aromatic carbocycles. The summed E-state index contributed by atoms with van der Waals surface area (Å²) in [5.41, 5.74) is 1.51. The molecule has 9 nitrogen and oxygen atoms in total. The minimum atomic E-state index is -3.57. The minimum absolute atomic E-state index is 0.0681. The van der Waals surface area contributed by atoms with Gasteiger partial charge in [-0.25, -0.2) is 8.42 Å². The molecule has 0 bridgehead atoms. The Morgan fingerprint density at radius 3 is 2.37 bits per heavy atom. The first-order chi connectivity index (χ1) is 17.9. The molecule has 3 aromatic rings. The second-order valence-electron chi connectivity index (χ2n) is 10.3. The number of halogens is 2. The number of sulfone groups is 1. The number of H-pyrrole nitrogens is 1. The number of benzene rings is 2. The lowest BCUT2D eigenvalue weighted by molar-refractivity contribution is -0.178. The molecule has 0 radical (unpaired) electrons. The van der Waals surface area contributed by atoms with Crippen LogP contribution in [0.1, 0.15) is 63.2 Å². The predicted molar refractivity (Wildman–Crippen MR) is 146 cm³/mol. The second-order valence-corrected chi connectivity index (χ2v) is 14.0. The standard InChI is InChI=1S/C26H31Cl2N5O4S/c1-5-20(15-38(35,36)26(2,3)4)33-23(16-9-11-18(27)12-10-16)24(17-7-6-8-19(28)13-17)37-21(25(33)34)14-22-29-31-32-30-22/h6-13,20-21,23-24H,5,14-15H2,1-4H3,(H,29,30,31,32)/t20-,21+,23+,24+/m0/s1. The van der Waals surface area contributed by atoms with Gasteiger partial charge in [0.1, 0.15) is 12.2 Å². The Morgan fingerprint density at radius 2 is 1.79 bits per heavy atom. The summed E-state index contributed by atoms with van der Waals surface area (Å²) in [7, 11) is -3.57. The van der Waals surface area contributed by atoms with Crippen LogP contribution in [0, 0.1) is 0 Å². The third-order valence-electron chi connectivity index (χ3n) is 6.78. The van der Waals surface area contributed by atoms with E-state index in [1.165, 1.54) is 0 Å². The highest BCUT2D eigenvalue weighted by Gasteiger charge is 2.48. The number of morpholine rings is 1. The van der Waals surface area contributed by atoms with Gasteiger partial charge in [-0.2, -0.15) is 5.21 Å². The fourth-order valence-corrected chi connectivity index (χ4v) is 6.30. The quantitative estimate of drug-likeness (QED) is 0.409. The summed E-state index contributed by atoms with van der Waals surface area (Å²) in [4.78, 5) is 15.8. The molecule has 2 heterocycles. The molecule has 204 valence electrons. The van der Waals surface area contributed by atoms with E-state index in [0.29, 0.717) is 22.3 Å². The van der Waals surface area contributed by atoms with Crippen LogP contribution >= 0.6 is 23.2 Å². The number of tetrazole rings is 1. The van der Waals surface area contributed by atoms with E-state index < -0.39 is 38.9 Å². The van der Waals surface area contributed by atoms with Crippen LogP contribution in [0.15, 0.2) is 48.5 Å². The van der Waals surface area contributed by atoms with Crippen LogP contribution in [0.25, 0.3) is 0 Å². The van der Waals surface area contributed by atoms with Gasteiger partial charge in [-0.3, -0.25) is 4.79 Å². The van der Waals surface area contributed by atoms with Crippen LogP contribution < -0.4 is 0 Å². The number of rotatable bonds is 8. The molecular weight excluding hydrogens is 549 g/mol. The summed E-state index contributed by atoms with van der Waals surface area (Å²) in [6.45, 7) is 6.88. The van der Waals surface area contributed by atoms with Gasteiger partial charge in [0, 0.05) is 22.5 Å². The number of amides is 1. The van der Waals surface area contributed by atoms with E-state index in [2.05, 4.69) is 20.6 Å². The molecule has 38 heavy (non-hydrogen) atoms. The summed E-state index contributed by atoms with van der Waals surface area (Å²) in [5, 5.41) is 15.0. The van der Waals surface area contributed by atoms with Crippen molar-refractivity contribution in [2.24, 2.45) is 0 Å². The molecule has 4 atom stereocenters. The summed E-state index contributed by atoms with van der Waals surface area (Å²) >= 11 is 12.5. The monoisotopic (exact) mass is 579 g/mol. The van der Waals surface area contributed by atoms with Crippen molar-refractivity contribution in [2.45, 2.75) is 69.6 Å². The highest BCUT2D eigenvalue weighted by atomic mass is 35.5. The van der Waals surface area contributed by atoms with Crippen LogP contribution in [0.4, 0.5) is 0 Å². The lowest BCUT2D eigenvalue weighted by atomic mass is 9.89. The smallest absolute Gasteiger partial charge is 0.253 e. The zero-order valence-corrected chi connectivity index (χ0v) is 24.0. The van der Waals surface area contributed by atoms with Crippen LogP contribution in [0.3, 0.4) is 0 Å². The van der Waals surface area contributed by atoms with E-state index in [-0.39, 0.29) is 18.1 Å². The lowest BCUT2D eigenvalue weighted by Gasteiger charge is -2.48. The molecule has 0 saturated carbocycles. The Balaban J connectivity index is 1.87. The molecule has 1 aliphatic rings. The minimum Gasteiger partial charge on any atom is -0.357 e. The number of nitrogens with one attached hydrogen (secondary N) is 1. The fourth-order valence-electron chi connectivity index (χ4n) is 4.57. The van der Waals surface area contributed by atoms with Gasteiger partial charge in [0.2, 0.25) is 0 Å². The first-order valence-electron chi connectivity index (χ1n) is 12.3. The van der Waals surface area contributed by atoms with Gasteiger partial charge in [0.15, 0.2) is 15.7 Å². The molecule has 1 amide bonds. The van der Waals surface area contributed by atoms with E-state index in [9.17, 15) is 13.2 Å². The first-order valence-corrected chi connectivity index (χ1v) is 14.7. The highest BCUT2D eigenvalue weighted by Crippen LogP contribution is 2.45. The predicted octanol–water partition coefficient (Wildman–Crippen LogP) is 4.75. The van der Waals surface area contributed by atoms with Gasteiger partial charge in [0.25, 0.3) is 5.91 Å².